The minimum Gasteiger partial charge on any atom is -0.481 e. The van der Waals surface area contributed by atoms with Crippen LogP contribution in [0.1, 0.15) is 18.1 Å². The zero-order valence-electron chi connectivity index (χ0n) is 8.99. The van der Waals surface area contributed by atoms with Gasteiger partial charge in [0, 0.05) is 28.7 Å². The van der Waals surface area contributed by atoms with Gasteiger partial charge < -0.3 is 15.5 Å². The lowest BCUT2D eigenvalue weighted by Gasteiger charge is -2.13. The van der Waals surface area contributed by atoms with Gasteiger partial charge in [0.05, 0.1) is 12.5 Å². The fourth-order valence-electron chi connectivity index (χ4n) is 1.32. The summed E-state index contributed by atoms with van der Waals surface area (Å²) in [6, 6.07) is 4.84. The Bertz CT molecular complexity index is 398. The fourth-order valence-corrected chi connectivity index (χ4v) is 1.85. The molecule has 0 aromatic heterocycles. The van der Waals surface area contributed by atoms with Crippen molar-refractivity contribution in [1.82, 2.24) is 5.32 Å². The van der Waals surface area contributed by atoms with E-state index in [1.54, 1.807) is 18.2 Å². The number of hydrogen-bond donors (Lipinski definition) is 3. The second-order valence-electron chi connectivity index (χ2n) is 3.53. The van der Waals surface area contributed by atoms with Gasteiger partial charge in [-0.1, -0.05) is 29.3 Å². The van der Waals surface area contributed by atoms with E-state index >= 15 is 0 Å². The third kappa shape index (κ3) is 4.91. The molecule has 1 atom stereocenters. The molecule has 6 heteroatoms. The van der Waals surface area contributed by atoms with Crippen molar-refractivity contribution in [1.29, 1.82) is 0 Å². The molecule has 0 spiro atoms. The lowest BCUT2D eigenvalue weighted by atomic mass is 10.1. The first-order valence-electron chi connectivity index (χ1n) is 5.06. The molecule has 3 N–H and O–H groups in total. The van der Waals surface area contributed by atoms with Crippen LogP contribution < -0.4 is 5.32 Å². The van der Waals surface area contributed by atoms with Crippen molar-refractivity contribution < 1.29 is 15.0 Å². The molecule has 0 fully saturated rings. The van der Waals surface area contributed by atoms with E-state index in [0.29, 0.717) is 22.2 Å². The zero-order valence-corrected chi connectivity index (χ0v) is 10.5. The lowest BCUT2D eigenvalue weighted by molar-refractivity contribution is -0.136. The monoisotopic (exact) mass is 277 g/mol. The summed E-state index contributed by atoms with van der Waals surface area (Å²) >= 11 is 11.7. The summed E-state index contributed by atoms with van der Waals surface area (Å²) in [5.41, 5.74) is 0.568. The van der Waals surface area contributed by atoms with Crippen molar-refractivity contribution in [3.05, 3.63) is 33.8 Å². The topological polar surface area (TPSA) is 69.6 Å². The number of carboxylic acids is 1. The van der Waals surface area contributed by atoms with Crippen LogP contribution >= 0.6 is 23.2 Å². The van der Waals surface area contributed by atoms with Crippen molar-refractivity contribution in [2.45, 2.75) is 12.5 Å². The average molecular weight is 278 g/mol. The molecular formula is C11H13Cl2NO3. The first-order valence-corrected chi connectivity index (χ1v) is 5.82. The zero-order chi connectivity index (χ0) is 12.8. The summed E-state index contributed by atoms with van der Waals surface area (Å²) in [7, 11) is 0. The van der Waals surface area contributed by atoms with E-state index in [9.17, 15) is 9.90 Å². The summed E-state index contributed by atoms with van der Waals surface area (Å²) in [5.74, 6) is -0.878. The maximum Gasteiger partial charge on any atom is 0.304 e. The van der Waals surface area contributed by atoms with E-state index in [1.807, 2.05) is 0 Å². The first kappa shape index (κ1) is 14.3. The van der Waals surface area contributed by atoms with E-state index in [2.05, 4.69) is 5.32 Å². The summed E-state index contributed by atoms with van der Waals surface area (Å²) in [6.07, 6.45) is -0.769. The molecule has 0 saturated heterocycles. The smallest absolute Gasteiger partial charge is 0.304 e. The van der Waals surface area contributed by atoms with Crippen molar-refractivity contribution >= 4 is 29.2 Å². The molecule has 0 radical (unpaired) electrons. The van der Waals surface area contributed by atoms with Gasteiger partial charge in [-0.3, -0.25) is 4.79 Å². The van der Waals surface area contributed by atoms with Gasteiger partial charge in [-0.15, -0.1) is 0 Å². The van der Waals surface area contributed by atoms with Crippen molar-refractivity contribution in [3.63, 3.8) is 0 Å². The number of hydrogen-bond acceptors (Lipinski definition) is 3. The molecule has 1 aromatic rings. The highest BCUT2D eigenvalue weighted by molar-refractivity contribution is 6.35. The molecule has 0 heterocycles. The van der Waals surface area contributed by atoms with Crippen LogP contribution in [0.25, 0.3) is 0 Å². The van der Waals surface area contributed by atoms with Crippen molar-refractivity contribution in [2.24, 2.45) is 0 Å². The normalized spacial score (nSPS) is 12.4. The summed E-state index contributed by atoms with van der Waals surface area (Å²) in [5, 5.41) is 22.0. The molecule has 0 aliphatic heterocycles. The molecule has 0 saturated carbocycles. The van der Waals surface area contributed by atoms with Gasteiger partial charge in [0.25, 0.3) is 0 Å². The highest BCUT2D eigenvalue weighted by Crippen LogP contribution is 2.25. The van der Waals surface area contributed by atoms with E-state index < -0.39 is 12.1 Å². The predicted molar refractivity (Wildman–Crippen MR) is 66.5 cm³/mol. The van der Waals surface area contributed by atoms with Crippen LogP contribution in [0.3, 0.4) is 0 Å². The maximum absolute atomic E-state index is 10.3. The number of aliphatic hydroxyl groups is 1. The minimum absolute atomic E-state index is 0.0150. The third-order valence-corrected chi connectivity index (χ3v) is 2.74. The number of carboxylic acid groups (broad SMARTS) is 1. The van der Waals surface area contributed by atoms with Gasteiger partial charge in [-0.25, -0.2) is 0 Å². The van der Waals surface area contributed by atoms with Gasteiger partial charge in [0.1, 0.15) is 0 Å². The number of carbonyl (C=O) groups is 1. The Kier molecular flexibility index (Phi) is 5.71. The van der Waals surface area contributed by atoms with E-state index in [1.165, 1.54) is 0 Å². The van der Waals surface area contributed by atoms with Gasteiger partial charge in [-0.2, -0.15) is 0 Å². The molecular weight excluding hydrogens is 265 g/mol. The largest absolute Gasteiger partial charge is 0.481 e. The SMILES string of the molecule is O=C(O)CCNCC(O)c1ccc(Cl)cc1Cl. The Morgan fingerprint density at radius 3 is 2.71 bits per heavy atom. The van der Waals surface area contributed by atoms with E-state index in [4.69, 9.17) is 28.3 Å². The summed E-state index contributed by atoms with van der Waals surface area (Å²) < 4.78 is 0. The lowest BCUT2D eigenvalue weighted by Crippen LogP contribution is -2.24. The van der Waals surface area contributed by atoms with Gasteiger partial charge in [0.2, 0.25) is 0 Å². The second kappa shape index (κ2) is 6.81. The quantitative estimate of drug-likeness (QED) is 0.697. The Balaban J connectivity index is 2.46. The standard InChI is InChI=1S/C11H13Cl2NO3/c12-7-1-2-8(9(13)5-7)10(15)6-14-4-3-11(16)17/h1-2,5,10,14-15H,3-4,6H2,(H,16,17). The molecule has 1 unspecified atom stereocenters. The fraction of sp³-hybridized carbons (Fsp3) is 0.364. The number of aliphatic hydroxyl groups excluding tert-OH is 1. The molecule has 1 rings (SSSR count). The maximum atomic E-state index is 10.3. The van der Waals surface area contributed by atoms with Crippen molar-refractivity contribution in [3.8, 4) is 0 Å². The van der Waals surface area contributed by atoms with E-state index in [0.717, 1.165) is 0 Å². The van der Waals surface area contributed by atoms with Crippen LogP contribution in [-0.2, 0) is 4.79 Å². The number of aliphatic carboxylic acids is 1. The molecule has 1 aromatic carbocycles. The number of benzene rings is 1. The van der Waals surface area contributed by atoms with Crippen LogP contribution in [0.4, 0.5) is 0 Å². The molecule has 0 bridgehead atoms. The van der Waals surface area contributed by atoms with Crippen LogP contribution in [0.2, 0.25) is 10.0 Å². The third-order valence-electron chi connectivity index (χ3n) is 2.17. The molecule has 4 nitrogen and oxygen atoms in total. The Morgan fingerprint density at radius 2 is 2.12 bits per heavy atom. The Hall–Kier alpha value is -0.810. The number of rotatable bonds is 6. The molecule has 0 aliphatic rings. The highest BCUT2D eigenvalue weighted by Gasteiger charge is 2.11. The van der Waals surface area contributed by atoms with E-state index in [-0.39, 0.29) is 13.0 Å². The Labute approximate surface area is 109 Å². The highest BCUT2D eigenvalue weighted by atomic mass is 35.5. The second-order valence-corrected chi connectivity index (χ2v) is 4.37. The average Bonchev–Trinajstić information content (AvgIpc) is 2.23. The first-order chi connectivity index (χ1) is 8.00. The van der Waals surface area contributed by atoms with Gasteiger partial charge in [-0.05, 0) is 12.1 Å². The molecule has 17 heavy (non-hydrogen) atoms. The predicted octanol–water partition coefficient (Wildman–Crippen LogP) is 2.09. The summed E-state index contributed by atoms with van der Waals surface area (Å²) in [4.78, 5) is 10.3. The summed E-state index contributed by atoms with van der Waals surface area (Å²) in [6.45, 7) is 0.548. The molecule has 94 valence electrons. The van der Waals surface area contributed by atoms with Crippen LogP contribution in [0, 0.1) is 0 Å². The van der Waals surface area contributed by atoms with Crippen LogP contribution in [0.5, 0.6) is 0 Å². The van der Waals surface area contributed by atoms with Gasteiger partial charge >= 0.3 is 5.97 Å². The number of nitrogens with one attached hydrogen (secondary N) is 1. The Morgan fingerprint density at radius 1 is 1.41 bits per heavy atom. The minimum atomic E-state index is -0.878. The van der Waals surface area contributed by atoms with Crippen LogP contribution in [-0.4, -0.2) is 29.3 Å². The number of halogens is 2. The van der Waals surface area contributed by atoms with Crippen LogP contribution in [0.15, 0.2) is 18.2 Å². The van der Waals surface area contributed by atoms with Gasteiger partial charge in [0.15, 0.2) is 0 Å². The molecule has 0 aliphatic carbocycles. The molecule has 0 amide bonds. The van der Waals surface area contributed by atoms with Crippen molar-refractivity contribution in [2.75, 3.05) is 13.1 Å².